The smallest absolute Gasteiger partial charge is 0.231 e. The molecule has 0 aliphatic carbocycles. The van der Waals surface area contributed by atoms with Crippen LogP contribution in [-0.2, 0) is 23.2 Å². The van der Waals surface area contributed by atoms with Crippen LogP contribution in [0.15, 0.2) is 29.9 Å². The quantitative estimate of drug-likeness (QED) is 0.943. The van der Waals surface area contributed by atoms with Crippen LogP contribution in [0.4, 0.5) is 0 Å². The Balaban J connectivity index is 1.68. The number of carbonyl (C=O) groups is 1. The van der Waals surface area contributed by atoms with Gasteiger partial charge in [-0.3, -0.25) is 4.79 Å². The molecule has 0 bridgehead atoms. The summed E-state index contributed by atoms with van der Waals surface area (Å²) >= 11 is 1.63. The van der Waals surface area contributed by atoms with E-state index in [0.29, 0.717) is 0 Å². The SMILES string of the molecule is CC(C)(C(=O)N[C@@H]1CCc2nccn2C1)c1cccs1. The maximum atomic E-state index is 12.6. The van der Waals surface area contributed by atoms with E-state index in [2.05, 4.69) is 14.9 Å². The van der Waals surface area contributed by atoms with Crippen molar-refractivity contribution in [3.63, 3.8) is 0 Å². The average molecular weight is 289 g/mol. The van der Waals surface area contributed by atoms with E-state index in [9.17, 15) is 4.79 Å². The molecule has 106 valence electrons. The molecule has 4 nitrogen and oxygen atoms in total. The van der Waals surface area contributed by atoms with Gasteiger partial charge in [0.1, 0.15) is 5.82 Å². The van der Waals surface area contributed by atoms with E-state index in [4.69, 9.17) is 0 Å². The molecule has 1 amide bonds. The minimum absolute atomic E-state index is 0.105. The fraction of sp³-hybridized carbons (Fsp3) is 0.467. The van der Waals surface area contributed by atoms with Crippen LogP contribution in [0.25, 0.3) is 0 Å². The first-order valence-corrected chi connectivity index (χ1v) is 7.80. The fourth-order valence-corrected chi connectivity index (χ4v) is 3.44. The molecule has 3 rings (SSSR count). The van der Waals surface area contributed by atoms with Gasteiger partial charge in [-0.1, -0.05) is 6.07 Å². The minimum Gasteiger partial charge on any atom is -0.351 e. The molecule has 0 saturated heterocycles. The molecule has 1 N–H and O–H groups in total. The van der Waals surface area contributed by atoms with Crippen molar-refractivity contribution in [1.82, 2.24) is 14.9 Å². The summed E-state index contributed by atoms with van der Waals surface area (Å²) in [6.07, 6.45) is 5.70. The summed E-state index contributed by atoms with van der Waals surface area (Å²) in [4.78, 5) is 18.0. The van der Waals surface area contributed by atoms with E-state index < -0.39 is 5.41 Å². The van der Waals surface area contributed by atoms with Crippen molar-refractivity contribution < 1.29 is 4.79 Å². The zero-order valence-corrected chi connectivity index (χ0v) is 12.6. The highest BCUT2D eigenvalue weighted by Gasteiger charge is 2.32. The first-order chi connectivity index (χ1) is 9.57. The largest absolute Gasteiger partial charge is 0.351 e. The Kier molecular flexibility index (Phi) is 3.38. The van der Waals surface area contributed by atoms with Gasteiger partial charge in [-0.05, 0) is 31.7 Å². The van der Waals surface area contributed by atoms with E-state index in [1.54, 1.807) is 11.3 Å². The van der Waals surface area contributed by atoms with Gasteiger partial charge in [-0.2, -0.15) is 0 Å². The molecule has 1 aliphatic rings. The Morgan fingerprint density at radius 2 is 2.40 bits per heavy atom. The molecule has 0 fully saturated rings. The number of thiophene rings is 1. The zero-order chi connectivity index (χ0) is 14.2. The number of hydrogen-bond donors (Lipinski definition) is 1. The molecular weight excluding hydrogens is 270 g/mol. The van der Waals surface area contributed by atoms with Gasteiger partial charge in [0.25, 0.3) is 0 Å². The monoisotopic (exact) mass is 289 g/mol. The summed E-state index contributed by atoms with van der Waals surface area (Å²) in [6.45, 7) is 4.79. The zero-order valence-electron chi connectivity index (χ0n) is 11.8. The molecule has 2 aromatic heterocycles. The lowest BCUT2D eigenvalue weighted by Gasteiger charge is -2.29. The molecule has 0 radical (unpaired) electrons. The standard InChI is InChI=1S/C15H19N3OS/c1-15(2,12-4-3-9-20-12)14(19)17-11-5-6-13-16-7-8-18(13)10-11/h3-4,7-9,11H,5-6,10H2,1-2H3,(H,17,19)/t11-/m1/s1. The number of hydrogen-bond acceptors (Lipinski definition) is 3. The Morgan fingerprint density at radius 1 is 1.55 bits per heavy atom. The van der Waals surface area contributed by atoms with Crippen molar-refractivity contribution in [3.05, 3.63) is 40.6 Å². The van der Waals surface area contributed by atoms with E-state index >= 15 is 0 Å². The highest BCUT2D eigenvalue weighted by atomic mass is 32.1. The second kappa shape index (κ2) is 5.05. The van der Waals surface area contributed by atoms with E-state index in [1.165, 1.54) is 0 Å². The summed E-state index contributed by atoms with van der Waals surface area (Å²) in [5.74, 6) is 1.22. The lowest BCUT2D eigenvalue weighted by Crippen LogP contribution is -2.47. The Bertz CT molecular complexity index is 600. The maximum absolute atomic E-state index is 12.6. The third kappa shape index (κ3) is 2.38. The summed E-state index contributed by atoms with van der Waals surface area (Å²) in [5.41, 5.74) is -0.469. The summed E-state index contributed by atoms with van der Waals surface area (Å²) in [5, 5.41) is 5.21. The summed E-state index contributed by atoms with van der Waals surface area (Å²) in [7, 11) is 0. The molecule has 3 heterocycles. The Morgan fingerprint density at radius 3 is 3.15 bits per heavy atom. The second-order valence-electron chi connectivity index (χ2n) is 5.81. The highest BCUT2D eigenvalue weighted by Crippen LogP contribution is 2.28. The number of carbonyl (C=O) groups excluding carboxylic acids is 1. The predicted molar refractivity (Wildman–Crippen MR) is 79.8 cm³/mol. The lowest BCUT2D eigenvalue weighted by atomic mass is 9.89. The third-order valence-corrected chi connectivity index (χ3v) is 5.17. The van der Waals surface area contributed by atoms with Crippen molar-refractivity contribution in [2.24, 2.45) is 0 Å². The topological polar surface area (TPSA) is 46.9 Å². The van der Waals surface area contributed by atoms with Crippen LogP contribution in [0.1, 0.15) is 31.0 Å². The first kappa shape index (κ1) is 13.4. The third-order valence-electron chi connectivity index (χ3n) is 3.98. The van der Waals surface area contributed by atoms with E-state index in [-0.39, 0.29) is 11.9 Å². The number of nitrogens with one attached hydrogen (secondary N) is 1. The van der Waals surface area contributed by atoms with Crippen LogP contribution in [0.5, 0.6) is 0 Å². The lowest BCUT2D eigenvalue weighted by molar-refractivity contribution is -0.126. The predicted octanol–water partition coefficient (Wildman–Crippen LogP) is 2.35. The number of amides is 1. The van der Waals surface area contributed by atoms with E-state index in [1.807, 2.05) is 43.8 Å². The van der Waals surface area contributed by atoms with E-state index in [0.717, 1.165) is 30.1 Å². The van der Waals surface area contributed by atoms with Gasteiger partial charge in [-0.25, -0.2) is 4.98 Å². The van der Waals surface area contributed by atoms with Gasteiger partial charge in [0.2, 0.25) is 5.91 Å². The number of nitrogens with zero attached hydrogens (tertiary/aromatic N) is 2. The van der Waals surface area contributed by atoms with Crippen molar-refractivity contribution in [1.29, 1.82) is 0 Å². The number of rotatable bonds is 3. The van der Waals surface area contributed by atoms with Crippen LogP contribution in [-0.4, -0.2) is 21.5 Å². The molecule has 0 aromatic carbocycles. The van der Waals surface area contributed by atoms with Gasteiger partial charge in [0.05, 0.1) is 5.41 Å². The molecule has 5 heteroatoms. The van der Waals surface area contributed by atoms with Gasteiger partial charge in [0, 0.05) is 36.3 Å². The molecular formula is C15H19N3OS. The molecule has 2 aromatic rings. The number of imidazole rings is 1. The van der Waals surface area contributed by atoms with Crippen molar-refractivity contribution in [2.45, 2.75) is 44.7 Å². The van der Waals surface area contributed by atoms with Crippen LogP contribution in [0.3, 0.4) is 0 Å². The Hall–Kier alpha value is -1.62. The van der Waals surface area contributed by atoms with Crippen LogP contribution >= 0.6 is 11.3 Å². The highest BCUT2D eigenvalue weighted by molar-refractivity contribution is 7.10. The second-order valence-corrected chi connectivity index (χ2v) is 6.75. The first-order valence-electron chi connectivity index (χ1n) is 6.92. The van der Waals surface area contributed by atoms with Gasteiger partial charge in [0.15, 0.2) is 0 Å². The van der Waals surface area contributed by atoms with Crippen LogP contribution < -0.4 is 5.32 Å². The van der Waals surface area contributed by atoms with Crippen molar-refractivity contribution in [3.8, 4) is 0 Å². The van der Waals surface area contributed by atoms with Gasteiger partial charge >= 0.3 is 0 Å². The maximum Gasteiger partial charge on any atom is 0.231 e. The van der Waals surface area contributed by atoms with Crippen molar-refractivity contribution >= 4 is 17.2 Å². The summed E-state index contributed by atoms with van der Waals surface area (Å²) in [6, 6.07) is 4.22. The van der Waals surface area contributed by atoms with Gasteiger partial charge < -0.3 is 9.88 Å². The molecule has 1 atom stereocenters. The number of aryl methyl sites for hydroxylation is 1. The number of aromatic nitrogens is 2. The number of fused-ring (bicyclic) bond motifs is 1. The van der Waals surface area contributed by atoms with Crippen LogP contribution in [0.2, 0.25) is 0 Å². The molecule has 1 aliphatic heterocycles. The van der Waals surface area contributed by atoms with Crippen LogP contribution in [0, 0.1) is 0 Å². The summed E-state index contributed by atoms with van der Waals surface area (Å²) < 4.78 is 2.13. The van der Waals surface area contributed by atoms with Gasteiger partial charge in [-0.15, -0.1) is 11.3 Å². The minimum atomic E-state index is -0.469. The average Bonchev–Trinajstić information content (AvgIpc) is 3.09. The molecule has 0 unspecified atom stereocenters. The van der Waals surface area contributed by atoms with Crippen molar-refractivity contribution in [2.75, 3.05) is 0 Å². The molecule has 20 heavy (non-hydrogen) atoms. The normalized spacial score (nSPS) is 18.6. The molecule has 0 spiro atoms. The molecule has 0 saturated carbocycles. The fourth-order valence-electron chi connectivity index (χ4n) is 2.60. The Labute approximate surface area is 122 Å².